The Kier molecular flexibility index (Phi) is 6.07. The van der Waals surface area contributed by atoms with Gasteiger partial charge >= 0.3 is 0 Å². The van der Waals surface area contributed by atoms with E-state index in [-0.39, 0.29) is 5.56 Å². The van der Waals surface area contributed by atoms with Gasteiger partial charge < -0.3 is 4.74 Å². The molecular formula is C22H26N2O2S2. The number of ether oxygens (including phenoxy) is 1. The van der Waals surface area contributed by atoms with Crippen molar-refractivity contribution in [1.29, 1.82) is 0 Å². The Hall–Kier alpha value is -1.79. The van der Waals surface area contributed by atoms with Gasteiger partial charge in [-0.2, -0.15) is 0 Å². The van der Waals surface area contributed by atoms with E-state index >= 15 is 0 Å². The molecule has 0 fully saturated rings. The van der Waals surface area contributed by atoms with Crippen LogP contribution in [0, 0.1) is 0 Å². The molecule has 4 nitrogen and oxygen atoms in total. The highest BCUT2D eigenvalue weighted by molar-refractivity contribution is 7.99. The van der Waals surface area contributed by atoms with Crippen LogP contribution in [0.15, 0.2) is 34.2 Å². The number of thiophene rings is 1. The summed E-state index contributed by atoms with van der Waals surface area (Å²) in [5.74, 6) is 1.79. The Bertz CT molecular complexity index is 1020. The van der Waals surface area contributed by atoms with Crippen molar-refractivity contribution in [3.8, 4) is 11.4 Å². The molecule has 4 rings (SSSR count). The zero-order valence-electron chi connectivity index (χ0n) is 16.5. The largest absolute Gasteiger partial charge is 0.494 e. The lowest BCUT2D eigenvalue weighted by atomic mass is 9.97. The summed E-state index contributed by atoms with van der Waals surface area (Å²) in [6, 6.07) is 7.78. The smallest absolute Gasteiger partial charge is 0.267 e. The van der Waals surface area contributed by atoms with E-state index in [9.17, 15) is 4.79 Å². The molecule has 1 aliphatic carbocycles. The van der Waals surface area contributed by atoms with Crippen molar-refractivity contribution in [2.75, 3.05) is 12.4 Å². The average Bonchev–Trinajstić information content (AvgIpc) is 3.08. The minimum absolute atomic E-state index is 0.0764. The number of benzene rings is 1. The molecule has 6 heteroatoms. The van der Waals surface area contributed by atoms with Gasteiger partial charge in [0.2, 0.25) is 0 Å². The highest BCUT2D eigenvalue weighted by Crippen LogP contribution is 2.35. The fourth-order valence-corrected chi connectivity index (χ4v) is 6.08. The highest BCUT2D eigenvalue weighted by Gasteiger charge is 2.22. The van der Waals surface area contributed by atoms with Crippen molar-refractivity contribution >= 4 is 33.3 Å². The average molecular weight is 415 g/mol. The lowest BCUT2D eigenvalue weighted by Crippen LogP contribution is -2.22. The first-order valence-electron chi connectivity index (χ1n) is 10.2. The van der Waals surface area contributed by atoms with Gasteiger partial charge in [0.1, 0.15) is 10.6 Å². The van der Waals surface area contributed by atoms with Crippen LogP contribution in [-0.4, -0.2) is 21.9 Å². The summed E-state index contributed by atoms with van der Waals surface area (Å²) < 4.78 is 7.37. The molecule has 0 radical (unpaired) electrons. The molecule has 28 heavy (non-hydrogen) atoms. The zero-order valence-corrected chi connectivity index (χ0v) is 18.1. The molecule has 0 N–H and O–H groups in total. The van der Waals surface area contributed by atoms with Crippen molar-refractivity contribution in [3.05, 3.63) is 45.1 Å². The lowest BCUT2D eigenvalue weighted by molar-refractivity contribution is 0.340. The molecule has 2 heterocycles. The van der Waals surface area contributed by atoms with Gasteiger partial charge in [-0.3, -0.25) is 9.36 Å². The summed E-state index contributed by atoms with van der Waals surface area (Å²) in [7, 11) is 0. The van der Waals surface area contributed by atoms with E-state index in [1.807, 2.05) is 31.2 Å². The van der Waals surface area contributed by atoms with Crippen LogP contribution in [0.25, 0.3) is 15.9 Å². The van der Waals surface area contributed by atoms with Gasteiger partial charge in [-0.25, -0.2) is 4.98 Å². The van der Waals surface area contributed by atoms with Gasteiger partial charge in [-0.1, -0.05) is 25.1 Å². The first kappa shape index (κ1) is 19.5. The van der Waals surface area contributed by atoms with Crippen LogP contribution in [-0.2, 0) is 12.8 Å². The SMILES string of the molecule is CCCCSc1nc2sc3c(c2c(=O)n1-c1ccc(OCC)cc1)CCCC3. The van der Waals surface area contributed by atoms with Crippen LogP contribution in [0.5, 0.6) is 5.75 Å². The molecule has 1 aliphatic rings. The summed E-state index contributed by atoms with van der Waals surface area (Å²) in [6.07, 6.45) is 6.70. The number of rotatable bonds is 7. The van der Waals surface area contributed by atoms with E-state index in [4.69, 9.17) is 9.72 Å². The Morgan fingerprint density at radius 1 is 1.18 bits per heavy atom. The Morgan fingerprint density at radius 3 is 2.71 bits per heavy atom. The third-order valence-electron chi connectivity index (χ3n) is 5.09. The highest BCUT2D eigenvalue weighted by atomic mass is 32.2. The van der Waals surface area contributed by atoms with E-state index in [2.05, 4.69) is 6.92 Å². The number of hydrogen-bond acceptors (Lipinski definition) is 5. The summed E-state index contributed by atoms with van der Waals surface area (Å²) in [5, 5.41) is 1.64. The number of hydrogen-bond donors (Lipinski definition) is 0. The van der Waals surface area contributed by atoms with Crippen LogP contribution in [0.2, 0.25) is 0 Å². The number of thioether (sulfide) groups is 1. The molecule has 2 aromatic heterocycles. The van der Waals surface area contributed by atoms with Gasteiger partial charge in [0, 0.05) is 10.6 Å². The number of fused-ring (bicyclic) bond motifs is 3. The number of aromatic nitrogens is 2. The molecular weight excluding hydrogens is 388 g/mol. The van der Waals surface area contributed by atoms with E-state index in [0.29, 0.717) is 6.61 Å². The second-order valence-corrected chi connectivity index (χ2v) is 9.20. The first-order chi connectivity index (χ1) is 13.7. The zero-order chi connectivity index (χ0) is 19.5. The van der Waals surface area contributed by atoms with Gasteiger partial charge in [0.15, 0.2) is 5.16 Å². The first-order valence-corrected chi connectivity index (χ1v) is 12.0. The molecule has 0 aliphatic heterocycles. The minimum Gasteiger partial charge on any atom is -0.494 e. The topological polar surface area (TPSA) is 44.1 Å². The molecule has 148 valence electrons. The third kappa shape index (κ3) is 3.72. The molecule has 0 spiro atoms. The normalized spacial score (nSPS) is 13.6. The van der Waals surface area contributed by atoms with E-state index < -0.39 is 0 Å². The lowest BCUT2D eigenvalue weighted by Gasteiger charge is -2.14. The summed E-state index contributed by atoms with van der Waals surface area (Å²) in [6.45, 7) is 4.79. The van der Waals surface area contributed by atoms with Crippen molar-refractivity contribution in [3.63, 3.8) is 0 Å². The quantitative estimate of drug-likeness (QED) is 0.286. The standard InChI is InChI=1S/C22H26N2O2S2/c1-3-5-14-27-22-23-20-19(17-8-6-7-9-18(17)28-20)21(25)24(22)15-10-12-16(13-11-15)26-4-2/h10-13H,3-9,14H2,1-2H3. The van der Waals surface area contributed by atoms with Crippen LogP contribution in [0.3, 0.4) is 0 Å². The molecule has 0 unspecified atom stereocenters. The molecule has 0 saturated heterocycles. The number of aryl methyl sites for hydroxylation is 2. The second kappa shape index (κ2) is 8.70. The summed E-state index contributed by atoms with van der Waals surface area (Å²) in [4.78, 5) is 20.8. The Labute approximate surface area is 174 Å². The molecule has 0 atom stereocenters. The van der Waals surface area contributed by atoms with Gasteiger partial charge in [0.05, 0.1) is 17.7 Å². The molecule has 0 bridgehead atoms. The maximum Gasteiger partial charge on any atom is 0.267 e. The van der Waals surface area contributed by atoms with Crippen LogP contribution in [0.1, 0.15) is 50.0 Å². The number of unbranched alkanes of at least 4 members (excludes halogenated alkanes) is 1. The minimum atomic E-state index is 0.0764. The summed E-state index contributed by atoms with van der Waals surface area (Å²) in [5.41, 5.74) is 2.18. The molecule has 1 aromatic carbocycles. The Balaban J connectivity index is 1.86. The fraction of sp³-hybridized carbons (Fsp3) is 0.455. The second-order valence-electron chi connectivity index (χ2n) is 7.05. The van der Waals surface area contributed by atoms with Crippen molar-refractivity contribution in [2.24, 2.45) is 0 Å². The van der Waals surface area contributed by atoms with E-state index in [0.717, 1.165) is 64.7 Å². The maximum atomic E-state index is 13.6. The number of nitrogens with zero attached hydrogens (tertiary/aromatic N) is 2. The Morgan fingerprint density at radius 2 is 1.96 bits per heavy atom. The van der Waals surface area contributed by atoms with Gasteiger partial charge in [-0.15, -0.1) is 11.3 Å². The molecule has 0 amide bonds. The van der Waals surface area contributed by atoms with Gasteiger partial charge in [-0.05, 0) is 68.9 Å². The van der Waals surface area contributed by atoms with Crippen LogP contribution in [0.4, 0.5) is 0 Å². The van der Waals surface area contributed by atoms with Gasteiger partial charge in [0.25, 0.3) is 5.56 Å². The van der Waals surface area contributed by atoms with Crippen molar-refractivity contribution < 1.29 is 4.74 Å². The maximum absolute atomic E-state index is 13.6. The van der Waals surface area contributed by atoms with Crippen molar-refractivity contribution in [1.82, 2.24) is 9.55 Å². The van der Waals surface area contributed by atoms with E-state index in [1.165, 1.54) is 16.9 Å². The fourth-order valence-electron chi connectivity index (χ4n) is 3.68. The van der Waals surface area contributed by atoms with Crippen LogP contribution < -0.4 is 10.3 Å². The van der Waals surface area contributed by atoms with Crippen molar-refractivity contribution in [2.45, 2.75) is 57.5 Å². The van der Waals surface area contributed by atoms with E-state index in [1.54, 1.807) is 27.7 Å². The predicted molar refractivity (Wildman–Crippen MR) is 119 cm³/mol. The predicted octanol–water partition coefficient (Wildman–Crippen LogP) is 5.62. The molecule has 3 aromatic rings. The molecule has 0 saturated carbocycles. The monoisotopic (exact) mass is 414 g/mol. The summed E-state index contributed by atoms with van der Waals surface area (Å²) >= 11 is 3.41. The third-order valence-corrected chi connectivity index (χ3v) is 7.30. The van der Waals surface area contributed by atoms with Crippen LogP contribution >= 0.6 is 23.1 Å².